The van der Waals surface area contributed by atoms with Gasteiger partial charge in [0.1, 0.15) is 22.3 Å². The summed E-state index contributed by atoms with van der Waals surface area (Å²) in [4.78, 5) is 4.30. The van der Waals surface area contributed by atoms with Gasteiger partial charge < -0.3 is 13.4 Å². The van der Waals surface area contributed by atoms with Crippen molar-refractivity contribution in [1.82, 2.24) is 4.98 Å². The molecule has 0 aliphatic rings. The molecule has 0 saturated heterocycles. The van der Waals surface area contributed by atoms with Crippen molar-refractivity contribution >= 4 is 66.9 Å². The summed E-state index contributed by atoms with van der Waals surface area (Å²) in [5.74, 6) is 0. The molecule has 0 saturated carbocycles. The molecule has 0 aliphatic carbocycles. The van der Waals surface area contributed by atoms with E-state index in [-0.39, 0.29) is 0 Å². The monoisotopic (exact) mass is 611 g/mol. The maximum Gasteiger partial charge on any atom is 0.171 e. The van der Waals surface area contributed by atoms with Gasteiger partial charge in [0.15, 0.2) is 7.14 Å². The Morgan fingerprint density at radius 1 is 0.413 bits per heavy atom. The van der Waals surface area contributed by atoms with Gasteiger partial charge >= 0.3 is 0 Å². The van der Waals surface area contributed by atoms with Crippen LogP contribution in [0.5, 0.6) is 0 Å². The third-order valence-electron chi connectivity index (χ3n) is 8.86. The molecule has 6 aromatic carbocycles. The van der Waals surface area contributed by atoms with Crippen LogP contribution in [0.4, 0.5) is 0 Å². The standard InChI is InChI=1S/C41H26NO3P/c43-46(31-9-3-1-4-10-31,32-11-5-2-6-12-32)33-13-7-8-27(22-33)28-14-17-38-34(23-28)35-24-29(15-18-39(35)44-38)30-16-19-40-36(25-30)37-26-42-21-20-41(37)45-40/h1-26H. The normalized spacial score (nSPS) is 12.0. The van der Waals surface area contributed by atoms with Gasteiger partial charge in [-0.2, -0.15) is 0 Å². The van der Waals surface area contributed by atoms with Crippen molar-refractivity contribution in [2.45, 2.75) is 0 Å². The van der Waals surface area contributed by atoms with E-state index in [2.05, 4.69) is 53.5 Å². The third-order valence-corrected chi connectivity index (χ3v) is 11.9. The Balaban J connectivity index is 1.16. The number of fused-ring (bicyclic) bond motifs is 6. The van der Waals surface area contributed by atoms with Crippen LogP contribution in [0, 0.1) is 0 Å². The molecule has 5 heteroatoms. The number of benzene rings is 6. The molecule has 46 heavy (non-hydrogen) atoms. The van der Waals surface area contributed by atoms with Crippen molar-refractivity contribution in [2.75, 3.05) is 0 Å². The number of pyridine rings is 1. The van der Waals surface area contributed by atoms with Crippen molar-refractivity contribution in [2.24, 2.45) is 0 Å². The molecule has 9 aromatic rings. The zero-order valence-electron chi connectivity index (χ0n) is 24.6. The largest absolute Gasteiger partial charge is 0.456 e. The lowest BCUT2D eigenvalue weighted by atomic mass is 9.99. The quantitative estimate of drug-likeness (QED) is 0.182. The Bertz CT molecular complexity index is 2580. The zero-order valence-corrected chi connectivity index (χ0v) is 25.5. The van der Waals surface area contributed by atoms with E-state index < -0.39 is 7.14 Å². The second-order valence-electron chi connectivity index (χ2n) is 11.5. The van der Waals surface area contributed by atoms with E-state index in [1.807, 2.05) is 103 Å². The summed E-state index contributed by atoms with van der Waals surface area (Å²) in [6, 6.07) is 48.5. The summed E-state index contributed by atoms with van der Waals surface area (Å²) in [7, 11) is -3.10. The highest BCUT2D eigenvalue weighted by Crippen LogP contribution is 2.43. The van der Waals surface area contributed by atoms with E-state index in [1.165, 1.54) is 0 Å². The number of furan rings is 2. The number of aromatic nitrogens is 1. The number of hydrogen-bond acceptors (Lipinski definition) is 4. The highest BCUT2D eigenvalue weighted by molar-refractivity contribution is 7.85. The molecule has 3 aromatic heterocycles. The molecular weight excluding hydrogens is 585 g/mol. The van der Waals surface area contributed by atoms with Gasteiger partial charge in [0.2, 0.25) is 0 Å². The van der Waals surface area contributed by atoms with Gasteiger partial charge in [-0.3, -0.25) is 4.98 Å². The second kappa shape index (κ2) is 10.4. The van der Waals surface area contributed by atoms with Gasteiger partial charge in [-0.15, -0.1) is 0 Å². The maximum absolute atomic E-state index is 15.0. The molecule has 0 spiro atoms. The average Bonchev–Trinajstić information content (AvgIpc) is 3.69. The van der Waals surface area contributed by atoms with Crippen LogP contribution in [0.1, 0.15) is 0 Å². The fourth-order valence-electron chi connectivity index (χ4n) is 6.54. The van der Waals surface area contributed by atoms with Crippen LogP contribution in [0.2, 0.25) is 0 Å². The van der Waals surface area contributed by atoms with E-state index in [0.29, 0.717) is 0 Å². The minimum Gasteiger partial charge on any atom is -0.456 e. The van der Waals surface area contributed by atoms with Gasteiger partial charge in [-0.25, -0.2) is 0 Å². The van der Waals surface area contributed by atoms with Crippen molar-refractivity contribution < 1.29 is 13.4 Å². The SMILES string of the molecule is O=P(c1ccccc1)(c1ccccc1)c1cccc(-c2ccc3oc4ccc(-c5ccc6oc7ccncc7c6c5)cc4c3c2)c1. The lowest BCUT2D eigenvalue weighted by molar-refractivity contribution is 0.592. The van der Waals surface area contributed by atoms with E-state index >= 15 is 4.57 Å². The first-order chi connectivity index (χ1) is 22.6. The maximum atomic E-state index is 15.0. The zero-order chi connectivity index (χ0) is 30.7. The number of hydrogen-bond donors (Lipinski definition) is 0. The van der Waals surface area contributed by atoms with Crippen LogP contribution < -0.4 is 15.9 Å². The summed E-state index contributed by atoms with van der Waals surface area (Å²) in [5, 5.41) is 6.57. The Morgan fingerprint density at radius 2 is 0.870 bits per heavy atom. The lowest BCUT2D eigenvalue weighted by Gasteiger charge is -2.20. The van der Waals surface area contributed by atoms with Crippen molar-refractivity contribution in [3.63, 3.8) is 0 Å². The second-order valence-corrected chi connectivity index (χ2v) is 14.3. The molecule has 218 valence electrons. The summed E-state index contributed by atoms with van der Waals surface area (Å²) < 4.78 is 27.3. The van der Waals surface area contributed by atoms with Crippen LogP contribution in [-0.4, -0.2) is 4.98 Å². The first-order valence-corrected chi connectivity index (χ1v) is 16.9. The minimum absolute atomic E-state index is 0.805. The molecule has 0 bridgehead atoms. The first-order valence-electron chi connectivity index (χ1n) is 15.2. The fraction of sp³-hybridized carbons (Fsp3) is 0. The van der Waals surface area contributed by atoms with Crippen molar-refractivity contribution in [3.05, 3.63) is 158 Å². The molecule has 0 fully saturated rings. The summed E-state index contributed by atoms with van der Waals surface area (Å²) >= 11 is 0. The molecule has 0 radical (unpaired) electrons. The third kappa shape index (κ3) is 4.23. The Morgan fingerprint density at radius 3 is 1.41 bits per heavy atom. The van der Waals surface area contributed by atoms with Crippen LogP contribution in [-0.2, 0) is 4.57 Å². The van der Waals surface area contributed by atoms with Crippen LogP contribution in [0.15, 0.2) is 167 Å². The van der Waals surface area contributed by atoms with Gasteiger partial charge in [-0.1, -0.05) is 97.1 Å². The average molecular weight is 612 g/mol. The molecular formula is C41H26NO3P. The predicted molar refractivity (Wildman–Crippen MR) is 189 cm³/mol. The summed E-state index contributed by atoms with van der Waals surface area (Å²) in [6.45, 7) is 0. The van der Waals surface area contributed by atoms with Gasteiger partial charge in [0.25, 0.3) is 0 Å². The van der Waals surface area contributed by atoms with Gasteiger partial charge in [0.05, 0.1) is 0 Å². The van der Waals surface area contributed by atoms with Crippen LogP contribution >= 0.6 is 7.14 Å². The highest BCUT2D eigenvalue weighted by Gasteiger charge is 2.29. The fourth-order valence-corrected chi connectivity index (χ4v) is 9.24. The first kappa shape index (κ1) is 26.7. The van der Waals surface area contributed by atoms with E-state index in [4.69, 9.17) is 8.83 Å². The van der Waals surface area contributed by atoms with Crippen LogP contribution in [0.25, 0.3) is 66.1 Å². The molecule has 0 N–H and O–H groups in total. The molecule has 0 amide bonds. The van der Waals surface area contributed by atoms with Gasteiger partial charge in [0, 0.05) is 49.9 Å². The minimum atomic E-state index is -3.10. The van der Waals surface area contributed by atoms with Crippen molar-refractivity contribution in [3.8, 4) is 22.3 Å². The highest BCUT2D eigenvalue weighted by atomic mass is 31.2. The molecule has 4 nitrogen and oxygen atoms in total. The van der Waals surface area contributed by atoms with Gasteiger partial charge in [-0.05, 0) is 70.8 Å². The molecule has 3 heterocycles. The molecule has 9 rings (SSSR count). The van der Waals surface area contributed by atoms with E-state index in [0.717, 1.165) is 82.0 Å². The number of nitrogens with zero attached hydrogens (tertiary/aromatic N) is 1. The Labute approximate surface area is 264 Å². The number of rotatable bonds is 5. The van der Waals surface area contributed by atoms with Crippen LogP contribution in [0.3, 0.4) is 0 Å². The summed E-state index contributed by atoms with van der Waals surface area (Å²) in [5.41, 5.74) is 7.56. The Hall–Kier alpha value is -5.70. The lowest BCUT2D eigenvalue weighted by Crippen LogP contribution is -2.25. The molecule has 0 unspecified atom stereocenters. The molecule has 0 aliphatic heterocycles. The van der Waals surface area contributed by atoms with E-state index in [1.54, 1.807) is 6.20 Å². The smallest absolute Gasteiger partial charge is 0.171 e. The summed E-state index contributed by atoms with van der Waals surface area (Å²) in [6.07, 6.45) is 3.60. The molecule has 0 atom stereocenters. The van der Waals surface area contributed by atoms with E-state index in [9.17, 15) is 0 Å². The Kier molecular flexibility index (Phi) is 6.06. The topological polar surface area (TPSA) is 56.2 Å². The van der Waals surface area contributed by atoms with Crippen molar-refractivity contribution in [1.29, 1.82) is 0 Å². The predicted octanol–water partition coefficient (Wildman–Crippen LogP) is 9.85.